The summed E-state index contributed by atoms with van der Waals surface area (Å²) in [6.07, 6.45) is 5.56. The fourth-order valence-electron chi connectivity index (χ4n) is 2.55. The van der Waals surface area contributed by atoms with Crippen molar-refractivity contribution in [3.05, 3.63) is 42.2 Å². The molecule has 2 N–H and O–H groups in total. The van der Waals surface area contributed by atoms with E-state index in [1.807, 2.05) is 31.3 Å². The van der Waals surface area contributed by atoms with Gasteiger partial charge >= 0.3 is 0 Å². The smallest absolute Gasteiger partial charge is 0.274 e. The van der Waals surface area contributed by atoms with Gasteiger partial charge in [-0.05, 0) is 49.1 Å². The first kappa shape index (κ1) is 13.7. The van der Waals surface area contributed by atoms with Crippen LogP contribution < -0.4 is 5.73 Å². The van der Waals surface area contributed by atoms with Crippen LogP contribution in [0.3, 0.4) is 0 Å². The standard InChI is InChI=1S/C16H20N4O/c1-19(11-12-3-2-4-12)16(21)15-9-10-20(18-15)14-7-5-13(17)6-8-14/h5-10,12H,2-4,11,17H2,1H3. The molecule has 2 aromatic rings. The van der Waals surface area contributed by atoms with Gasteiger partial charge in [-0.15, -0.1) is 0 Å². The number of aromatic nitrogens is 2. The number of hydrogen-bond donors (Lipinski definition) is 1. The Labute approximate surface area is 124 Å². The summed E-state index contributed by atoms with van der Waals surface area (Å²) in [6.45, 7) is 0.827. The van der Waals surface area contributed by atoms with Gasteiger partial charge in [-0.3, -0.25) is 4.79 Å². The molecule has 0 radical (unpaired) electrons. The predicted molar refractivity (Wildman–Crippen MR) is 82.3 cm³/mol. The van der Waals surface area contributed by atoms with Crippen molar-refractivity contribution < 1.29 is 4.79 Å². The number of rotatable bonds is 4. The molecular formula is C16H20N4O. The second-order valence-electron chi connectivity index (χ2n) is 5.72. The van der Waals surface area contributed by atoms with E-state index in [-0.39, 0.29) is 5.91 Å². The lowest BCUT2D eigenvalue weighted by atomic mass is 9.85. The van der Waals surface area contributed by atoms with E-state index >= 15 is 0 Å². The molecule has 1 fully saturated rings. The molecule has 110 valence electrons. The summed E-state index contributed by atoms with van der Waals surface area (Å²) in [4.78, 5) is 14.1. The Morgan fingerprint density at radius 3 is 2.67 bits per heavy atom. The third-order valence-electron chi connectivity index (χ3n) is 4.07. The zero-order valence-electron chi connectivity index (χ0n) is 12.2. The highest BCUT2D eigenvalue weighted by atomic mass is 16.2. The lowest BCUT2D eigenvalue weighted by Gasteiger charge is -2.29. The molecule has 0 spiro atoms. The molecule has 1 saturated carbocycles. The highest BCUT2D eigenvalue weighted by Gasteiger charge is 2.23. The number of amides is 1. The lowest BCUT2D eigenvalue weighted by Crippen LogP contribution is -2.34. The summed E-state index contributed by atoms with van der Waals surface area (Å²) in [5.41, 5.74) is 7.76. The van der Waals surface area contributed by atoms with Gasteiger partial charge in [-0.25, -0.2) is 4.68 Å². The SMILES string of the molecule is CN(CC1CCC1)C(=O)c1ccn(-c2ccc(N)cc2)n1. The molecule has 5 heteroatoms. The minimum atomic E-state index is -0.0175. The van der Waals surface area contributed by atoms with Crippen LogP contribution in [0.2, 0.25) is 0 Å². The Hall–Kier alpha value is -2.30. The van der Waals surface area contributed by atoms with Crippen molar-refractivity contribution in [3.8, 4) is 5.69 Å². The average molecular weight is 284 g/mol. The fourth-order valence-corrected chi connectivity index (χ4v) is 2.55. The highest BCUT2D eigenvalue weighted by molar-refractivity contribution is 5.92. The van der Waals surface area contributed by atoms with Crippen LogP contribution in [-0.2, 0) is 0 Å². The first-order valence-electron chi connectivity index (χ1n) is 7.30. The number of hydrogen-bond acceptors (Lipinski definition) is 3. The normalized spacial score (nSPS) is 14.7. The number of nitrogens with zero attached hydrogens (tertiary/aromatic N) is 3. The topological polar surface area (TPSA) is 64.2 Å². The number of nitrogen functional groups attached to an aromatic ring is 1. The summed E-state index contributed by atoms with van der Waals surface area (Å²) in [7, 11) is 1.85. The molecule has 1 heterocycles. The molecule has 0 bridgehead atoms. The molecule has 1 amide bonds. The number of anilines is 1. The molecule has 21 heavy (non-hydrogen) atoms. The summed E-state index contributed by atoms with van der Waals surface area (Å²) >= 11 is 0. The van der Waals surface area contributed by atoms with Gasteiger partial charge in [0.05, 0.1) is 5.69 Å². The van der Waals surface area contributed by atoms with E-state index in [1.165, 1.54) is 19.3 Å². The maximum absolute atomic E-state index is 12.3. The Balaban J connectivity index is 1.71. The quantitative estimate of drug-likeness (QED) is 0.876. The molecule has 0 unspecified atom stereocenters. The van der Waals surface area contributed by atoms with Crippen LogP contribution in [0, 0.1) is 5.92 Å². The summed E-state index contributed by atoms with van der Waals surface area (Å²) in [6, 6.07) is 9.17. The van der Waals surface area contributed by atoms with Gasteiger partial charge in [0.25, 0.3) is 5.91 Å². The Bertz CT molecular complexity index is 628. The van der Waals surface area contributed by atoms with Gasteiger partial charge in [0.15, 0.2) is 5.69 Å². The second kappa shape index (κ2) is 5.60. The van der Waals surface area contributed by atoms with E-state index in [9.17, 15) is 4.79 Å². The Morgan fingerprint density at radius 1 is 1.33 bits per heavy atom. The molecule has 1 aliphatic carbocycles. The van der Waals surface area contributed by atoms with Gasteiger partial charge in [-0.1, -0.05) is 6.42 Å². The average Bonchev–Trinajstić information content (AvgIpc) is 2.92. The second-order valence-corrected chi connectivity index (χ2v) is 5.72. The third kappa shape index (κ3) is 2.91. The van der Waals surface area contributed by atoms with Crippen LogP contribution in [0.1, 0.15) is 29.8 Å². The molecule has 1 aliphatic rings. The summed E-state index contributed by atoms with van der Waals surface area (Å²) in [5.74, 6) is 0.647. The Morgan fingerprint density at radius 2 is 2.05 bits per heavy atom. The van der Waals surface area contributed by atoms with Crippen molar-refractivity contribution >= 4 is 11.6 Å². The van der Waals surface area contributed by atoms with Gasteiger partial charge in [0.1, 0.15) is 0 Å². The summed E-state index contributed by atoms with van der Waals surface area (Å²) in [5, 5.41) is 4.37. The number of carbonyl (C=O) groups excluding carboxylic acids is 1. The van der Waals surface area contributed by atoms with Crippen molar-refractivity contribution in [2.45, 2.75) is 19.3 Å². The number of benzene rings is 1. The van der Waals surface area contributed by atoms with E-state index in [1.54, 1.807) is 21.8 Å². The van der Waals surface area contributed by atoms with Crippen LogP contribution in [-0.4, -0.2) is 34.2 Å². The number of nitrogens with two attached hydrogens (primary N) is 1. The van der Waals surface area contributed by atoms with E-state index in [0.29, 0.717) is 17.3 Å². The van der Waals surface area contributed by atoms with Crippen molar-refractivity contribution in [2.75, 3.05) is 19.3 Å². The van der Waals surface area contributed by atoms with Crippen LogP contribution in [0.25, 0.3) is 5.69 Å². The molecule has 0 atom stereocenters. The minimum absolute atomic E-state index is 0.0175. The van der Waals surface area contributed by atoms with Crippen molar-refractivity contribution in [3.63, 3.8) is 0 Å². The van der Waals surface area contributed by atoms with Gasteiger partial charge in [0, 0.05) is 25.5 Å². The van der Waals surface area contributed by atoms with Gasteiger partial charge < -0.3 is 10.6 Å². The first-order chi connectivity index (χ1) is 10.1. The van der Waals surface area contributed by atoms with Gasteiger partial charge in [-0.2, -0.15) is 5.10 Å². The molecular weight excluding hydrogens is 264 g/mol. The first-order valence-corrected chi connectivity index (χ1v) is 7.30. The van der Waals surface area contributed by atoms with E-state index in [0.717, 1.165) is 12.2 Å². The fraction of sp³-hybridized carbons (Fsp3) is 0.375. The van der Waals surface area contributed by atoms with E-state index < -0.39 is 0 Å². The van der Waals surface area contributed by atoms with Crippen LogP contribution in [0.4, 0.5) is 5.69 Å². The molecule has 1 aromatic carbocycles. The lowest BCUT2D eigenvalue weighted by molar-refractivity contribution is 0.0739. The number of carbonyl (C=O) groups is 1. The minimum Gasteiger partial charge on any atom is -0.399 e. The molecule has 1 aromatic heterocycles. The molecule has 3 rings (SSSR count). The highest BCUT2D eigenvalue weighted by Crippen LogP contribution is 2.27. The zero-order chi connectivity index (χ0) is 14.8. The van der Waals surface area contributed by atoms with E-state index in [4.69, 9.17) is 5.73 Å². The monoisotopic (exact) mass is 284 g/mol. The molecule has 0 saturated heterocycles. The Kier molecular flexibility index (Phi) is 3.64. The van der Waals surface area contributed by atoms with Crippen LogP contribution >= 0.6 is 0 Å². The maximum atomic E-state index is 12.3. The maximum Gasteiger partial charge on any atom is 0.274 e. The van der Waals surface area contributed by atoms with Crippen molar-refractivity contribution in [1.82, 2.24) is 14.7 Å². The molecule has 5 nitrogen and oxygen atoms in total. The van der Waals surface area contributed by atoms with Crippen molar-refractivity contribution in [1.29, 1.82) is 0 Å². The molecule has 0 aliphatic heterocycles. The van der Waals surface area contributed by atoms with E-state index in [2.05, 4.69) is 5.10 Å². The third-order valence-corrected chi connectivity index (χ3v) is 4.07. The zero-order valence-corrected chi connectivity index (χ0v) is 12.2. The largest absolute Gasteiger partial charge is 0.399 e. The van der Waals surface area contributed by atoms with Crippen molar-refractivity contribution in [2.24, 2.45) is 5.92 Å². The summed E-state index contributed by atoms with van der Waals surface area (Å²) < 4.78 is 1.70. The van der Waals surface area contributed by atoms with Crippen LogP contribution in [0.5, 0.6) is 0 Å². The van der Waals surface area contributed by atoms with Gasteiger partial charge in [0.2, 0.25) is 0 Å². The van der Waals surface area contributed by atoms with Crippen LogP contribution in [0.15, 0.2) is 36.5 Å². The predicted octanol–water partition coefficient (Wildman–Crippen LogP) is 2.33.